The van der Waals surface area contributed by atoms with E-state index in [0.717, 1.165) is 37.4 Å². The topological polar surface area (TPSA) is 61.8 Å². The molecule has 5 nitrogen and oxygen atoms in total. The number of likely N-dealkylation sites (tertiary alicyclic amines) is 1. The standard InChI is InChI=1S/C22H28N2O3/c1-17-7-9-21(10-8-17)27-16-20(25)15-24-13-11-18(12-14-24)22(26)23-19-5-3-2-4-6-19/h2-10,18,20,25H,11-16H2,1H3,(H,23,26). The second-order valence-electron chi connectivity index (χ2n) is 7.21. The molecule has 1 fully saturated rings. The van der Waals surface area contributed by atoms with Crippen molar-refractivity contribution in [2.24, 2.45) is 5.92 Å². The first kappa shape index (κ1) is 19.4. The molecule has 1 saturated heterocycles. The molecular weight excluding hydrogens is 340 g/mol. The number of benzene rings is 2. The van der Waals surface area contributed by atoms with Crippen LogP contribution in [0.15, 0.2) is 54.6 Å². The molecule has 1 unspecified atom stereocenters. The summed E-state index contributed by atoms with van der Waals surface area (Å²) in [7, 11) is 0. The third-order valence-corrected chi connectivity index (χ3v) is 4.93. The van der Waals surface area contributed by atoms with Gasteiger partial charge in [0.25, 0.3) is 0 Å². The van der Waals surface area contributed by atoms with Crippen LogP contribution in [0.25, 0.3) is 0 Å². The van der Waals surface area contributed by atoms with Crippen molar-refractivity contribution in [1.29, 1.82) is 0 Å². The van der Waals surface area contributed by atoms with Crippen LogP contribution in [0.3, 0.4) is 0 Å². The number of β-amino-alcohol motifs (C(OH)–C–C–N with tert-alkyl or cyclic N) is 1. The lowest BCUT2D eigenvalue weighted by Crippen LogP contribution is -2.42. The largest absolute Gasteiger partial charge is 0.491 e. The molecule has 0 radical (unpaired) electrons. The van der Waals surface area contributed by atoms with Crippen molar-refractivity contribution in [2.45, 2.75) is 25.9 Å². The van der Waals surface area contributed by atoms with Gasteiger partial charge in [-0.1, -0.05) is 35.9 Å². The predicted molar refractivity (Wildman–Crippen MR) is 107 cm³/mol. The number of anilines is 1. The molecule has 2 N–H and O–H groups in total. The average Bonchev–Trinajstić information content (AvgIpc) is 2.69. The zero-order valence-electron chi connectivity index (χ0n) is 15.8. The molecule has 0 spiro atoms. The van der Waals surface area contributed by atoms with Gasteiger partial charge in [0.05, 0.1) is 0 Å². The van der Waals surface area contributed by atoms with Gasteiger partial charge < -0.3 is 20.1 Å². The van der Waals surface area contributed by atoms with Gasteiger partial charge in [-0.2, -0.15) is 0 Å². The van der Waals surface area contributed by atoms with Crippen LogP contribution in [-0.4, -0.2) is 48.3 Å². The molecule has 3 rings (SSSR count). The lowest BCUT2D eigenvalue weighted by Gasteiger charge is -2.32. The number of nitrogens with one attached hydrogen (secondary N) is 1. The molecule has 2 aromatic carbocycles. The molecule has 1 atom stereocenters. The summed E-state index contributed by atoms with van der Waals surface area (Å²) in [6.07, 6.45) is 1.08. The monoisotopic (exact) mass is 368 g/mol. The van der Waals surface area contributed by atoms with Crippen molar-refractivity contribution in [2.75, 3.05) is 31.6 Å². The van der Waals surface area contributed by atoms with E-state index in [-0.39, 0.29) is 18.4 Å². The van der Waals surface area contributed by atoms with Crippen molar-refractivity contribution in [3.05, 3.63) is 60.2 Å². The Morgan fingerprint density at radius 1 is 1.15 bits per heavy atom. The lowest BCUT2D eigenvalue weighted by molar-refractivity contribution is -0.121. The number of carbonyl (C=O) groups excluding carboxylic acids is 1. The van der Waals surface area contributed by atoms with Gasteiger partial charge in [-0.3, -0.25) is 4.79 Å². The highest BCUT2D eigenvalue weighted by Gasteiger charge is 2.26. The molecule has 1 heterocycles. The van der Waals surface area contributed by atoms with E-state index in [4.69, 9.17) is 4.74 Å². The minimum Gasteiger partial charge on any atom is -0.491 e. The molecule has 2 aromatic rings. The van der Waals surface area contributed by atoms with Gasteiger partial charge in [0.2, 0.25) is 5.91 Å². The van der Waals surface area contributed by atoms with E-state index in [9.17, 15) is 9.90 Å². The summed E-state index contributed by atoms with van der Waals surface area (Å²) in [4.78, 5) is 14.6. The summed E-state index contributed by atoms with van der Waals surface area (Å²) in [5, 5.41) is 13.2. The van der Waals surface area contributed by atoms with E-state index in [0.29, 0.717) is 6.54 Å². The average molecular weight is 368 g/mol. The Bertz CT molecular complexity index is 710. The summed E-state index contributed by atoms with van der Waals surface area (Å²) < 4.78 is 5.65. The Labute approximate surface area is 161 Å². The van der Waals surface area contributed by atoms with Crippen molar-refractivity contribution < 1.29 is 14.6 Å². The van der Waals surface area contributed by atoms with Crippen LogP contribution < -0.4 is 10.1 Å². The van der Waals surface area contributed by atoms with Gasteiger partial charge in [0.15, 0.2) is 0 Å². The second-order valence-corrected chi connectivity index (χ2v) is 7.21. The first-order chi connectivity index (χ1) is 13.1. The third kappa shape index (κ3) is 6.08. The van der Waals surface area contributed by atoms with Gasteiger partial charge in [0.1, 0.15) is 18.5 Å². The SMILES string of the molecule is Cc1ccc(OCC(O)CN2CCC(C(=O)Nc3ccccc3)CC2)cc1. The fraction of sp³-hybridized carbons (Fsp3) is 0.409. The van der Waals surface area contributed by atoms with E-state index in [2.05, 4.69) is 10.2 Å². The number of hydrogen-bond acceptors (Lipinski definition) is 4. The number of aliphatic hydroxyl groups excluding tert-OH is 1. The molecule has 0 aromatic heterocycles. The number of piperidine rings is 1. The fourth-order valence-electron chi connectivity index (χ4n) is 3.32. The van der Waals surface area contributed by atoms with Gasteiger partial charge >= 0.3 is 0 Å². The minimum atomic E-state index is -0.541. The van der Waals surface area contributed by atoms with Crippen LogP contribution >= 0.6 is 0 Å². The maximum Gasteiger partial charge on any atom is 0.227 e. The molecule has 0 aliphatic carbocycles. The van der Waals surface area contributed by atoms with Gasteiger partial charge in [-0.25, -0.2) is 0 Å². The summed E-state index contributed by atoms with van der Waals surface area (Å²) in [5.74, 6) is 0.891. The number of carbonyl (C=O) groups is 1. The van der Waals surface area contributed by atoms with E-state index in [1.165, 1.54) is 5.56 Å². The van der Waals surface area contributed by atoms with Crippen LogP contribution in [0.5, 0.6) is 5.75 Å². The zero-order valence-corrected chi connectivity index (χ0v) is 15.8. The van der Waals surface area contributed by atoms with Crippen LogP contribution in [0.2, 0.25) is 0 Å². The summed E-state index contributed by atoms with van der Waals surface area (Å²) >= 11 is 0. The van der Waals surface area contributed by atoms with Crippen molar-refractivity contribution >= 4 is 11.6 Å². The summed E-state index contributed by atoms with van der Waals surface area (Å²) in [5.41, 5.74) is 2.02. The highest BCUT2D eigenvalue weighted by Crippen LogP contribution is 2.20. The van der Waals surface area contributed by atoms with Crippen LogP contribution in [-0.2, 0) is 4.79 Å². The highest BCUT2D eigenvalue weighted by atomic mass is 16.5. The van der Waals surface area contributed by atoms with Crippen molar-refractivity contribution in [1.82, 2.24) is 4.90 Å². The predicted octanol–water partition coefficient (Wildman–Crippen LogP) is 3.09. The van der Waals surface area contributed by atoms with Crippen LogP contribution in [0.4, 0.5) is 5.69 Å². The van der Waals surface area contributed by atoms with E-state index >= 15 is 0 Å². The quantitative estimate of drug-likeness (QED) is 0.788. The summed E-state index contributed by atoms with van der Waals surface area (Å²) in [6, 6.07) is 17.4. The molecule has 0 saturated carbocycles. The van der Waals surface area contributed by atoms with Crippen molar-refractivity contribution in [3.63, 3.8) is 0 Å². The molecule has 5 heteroatoms. The van der Waals surface area contributed by atoms with Crippen LogP contribution in [0.1, 0.15) is 18.4 Å². The Morgan fingerprint density at radius 3 is 2.48 bits per heavy atom. The van der Waals surface area contributed by atoms with Crippen molar-refractivity contribution in [3.8, 4) is 5.75 Å². The van der Waals surface area contributed by atoms with Crippen LogP contribution in [0, 0.1) is 12.8 Å². The molecule has 1 amide bonds. The molecule has 144 valence electrons. The Balaban J connectivity index is 1.37. The number of ether oxygens (including phenoxy) is 1. The number of para-hydroxylation sites is 1. The Kier molecular flexibility index (Phi) is 6.85. The van der Waals surface area contributed by atoms with Gasteiger partial charge in [-0.15, -0.1) is 0 Å². The number of rotatable bonds is 7. The molecular formula is C22H28N2O3. The lowest BCUT2D eigenvalue weighted by atomic mass is 9.95. The van der Waals surface area contributed by atoms with E-state index in [1.54, 1.807) is 0 Å². The fourth-order valence-corrected chi connectivity index (χ4v) is 3.32. The Morgan fingerprint density at radius 2 is 1.81 bits per heavy atom. The number of aryl methyl sites for hydroxylation is 1. The third-order valence-electron chi connectivity index (χ3n) is 4.93. The molecule has 27 heavy (non-hydrogen) atoms. The molecule has 1 aliphatic rings. The maximum absolute atomic E-state index is 12.4. The number of nitrogens with zero attached hydrogens (tertiary/aromatic N) is 1. The highest BCUT2D eigenvalue weighted by molar-refractivity contribution is 5.92. The first-order valence-corrected chi connectivity index (χ1v) is 9.56. The number of amides is 1. The number of hydrogen-bond donors (Lipinski definition) is 2. The van der Waals surface area contributed by atoms with E-state index in [1.807, 2.05) is 61.5 Å². The molecule has 1 aliphatic heterocycles. The normalized spacial score (nSPS) is 16.7. The summed E-state index contributed by atoms with van der Waals surface area (Å²) in [6.45, 7) is 4.50. The number of aliphatic hydroxyl groups is 1. The van der Waals surface area contributed by atoms with E-state index < -0.39 is 6.10 Å². The smallest absolute Gasteiger partial charge is 0.227 e. The van der Waals surface area contributed by atoms with Gasteiger partial charge in [-0.05, 0) is 57.1 Å². The second kappa shape index (κ2) is 9.53. The zero-order chi connectivity index (χ0) is 19.1. The van der Waals surface area contributed by atoms with Gasteiger partial charge in [0, 0.05) is 18.2 Å². The minimum absolute atomic E-state index is 0.0300. The molecule has 0 bridgehead atoms. The maximum atomic E-state index is 12.4. The first-order valence-electron chi connectivity index (χ1n) is 9.56. The Hall–Kier alpha value is -2.37.